The van der Waals surface area contributed by atoms with Gasteiger partial charge in [-0.15, -0.1) is 0 Å². The second kappa shape index (κ2) is 8.67. The number of methoxy groups -OCH3 is 1. The van der Waals surface area contributed by atoms with Crippen LogP contribution in [0.1, 0.15) is 19.3 Å². The van der Waals surface area contributed by atoms with E-state index in [1.165, 1.54) is 24.9 Å². The molecule has 5 nitrogen and oxygen atoms in total. The summed E-state index contributed by atoms with van der Waals surface area (Å²) in [7, 11) is 1.67. The number of anilines is 1. The summed E-state index contributed by atoms with van der Waals surface area (Å²) in [5, 5.41) is 8.44. The fraction of sp³-hybridized carbons (Fsp3) is 0.172. The minimum absolute atomic E-state index is 0.614. The average molecular weight is 447 g/mol. The number of benzene rings is 3. The Bertz CT molecular complexity index is 1420. The third kappa shape index (κ3) is 3.90. The van der Waals surface area contributed by atoms with Crippen molar-refractivity contribution in [3.63, 3.8) is 0 Å². The van der Waals surface area contributed by atoms with Crippen molar-refractivity contribution < 1.29 is 4.74 Å². The van der Waals surface area contributed by atoms with Crippen molar-refractivity contribution in [1.29, 1.82) is 0 Å². The first-order valence-electron chi connectivity index (χ1n) is 11.7. The van der Waals surface area contributed by atoms with Crippen LogP contribution in [0.4, 0.5) is 5.69 Å². The van der Waals surface area contributed by atoms with Gasteiger partial charge >= 0.3 is 0 Å². The van der Waals surface area contributed by atoms with E-state index in [-0.39, 0.29) is 0 Å². The lowest BCUT2D eigenvalue weighted by atomic mass is 9.93. The molecule has 6 rings (SSSR count). The molecule has 0 amide bonds. The van der Waals surface area contributed by atoms with Gasteiger partial charge in [0.05, 0.1) is 18.5 Å². The van der Waals surface area contributed by atoms with Crippen LogP contribution in [-0.4, -0.2) is 27.7 Å². The summed E-state index contributed by atoms with van der Waals surface area (Å²) in [4.78, 5) is 5.08. The van der Waals surface area contributed by atoms with Gasteiger partial charge in [0.1, 0.15) is 5.75 Å². The third-order valence-electron chi connectivity index (χ3n) is 6.55. The molecule has 1 saturated carbocycles. The molecule has 1 fully saturated rings. The zero-order valence-electron chi connectivity index (χ0n) is 19.1. The quantitative estimate of drug-likeness (QED) is 0.315. The fourth-order valence-corrected chi connectivity index (χ4v) is 4.39. The number of nitrogens with zero attached hydrogens (tertiary/aromatic N) is 3. The highest BCUT2D eigenvalue weighted by atomic mass is 16.5. The number of hydrogen-bond acceptors (Lipinski definition) is 4. The molecule has 5 aromatic rings. The van der Waals surface area contributed by atoms with Crippen LogP contribution < -0.4 is 10.1 Å². The Balaban J connectivity index is 1.43. The number of ether oxygens (including phenoxy) is 1. The predicted molar refractivity (Wildman–Crippen MR) is 137 cm³/mol. The van der Waals surface area contributed by atoms with Crippen molar-refractivity contribution >= 4 is 11.3 Å². The van der Waals surface area contributed by atoms with E-state index in [2.05, 4.69) is 60.0 Å². The lowest BCUT2D eigenvalue weighted by Crippen LogP contribution is -2.26. The third-order valence-corrected chi connectivity index (χ3v) is 6.55. The molecular weight excluding hydrogens is 420 g/mol. The van der Waals surface area contributed by atoms with E-state index in [4.69, 9.17) is 14.8 Å². The Hall–Kier alpha value is -4.12. The molecule has 1 aliphatic carbocycles. The van der Waals surface area contributed by atoms with Gasteiger partial charge in [0.25, 0.3) is 0 Å². The molecule has 2 heterocycles. The molecule has 0 aliphatic heterocycles. The summed E-state index contributed by atoms with van der Waals surface area (Å²) in [5.41, 5.74) is 8.11. The highest BCUT2D eigenvalue weighted by molar-refractivity contribution is 5.82. The zero-order chi connectivity index (χ0) is 22.9. The van der Waals surface area contributed by atoms with E-state index >= 15 is 0 Å². The summed E-state index contributed by atoms with van der Waals surface area (Å²) in [6.07, 6.45) is 5.93. The Labute approximate surface area is 199 Å². The normalized spacial score (nSPS) is 13.6. The first-order valence-corrected chi connectivity index (χ1v) is 11.7. The Morgan fingerprint density at radius 2 is 1.59 bits per heavy atom. The topological polar surface area (TPSA) is 51.5 Å². The van der Waals surface area contributed by atoms with Crippen LogP contribution in [0.15, 0.2) is 91.1 Å². The number of nitrogens with one attached hydrogen (secondary N) is 1. The van der Waals surface area contributed by atoms with Crippen LogP contribution in [0.3, 0.4) is 0 Å². The maximum Gasteiger partial charge on any atom is 0.156 e. The summed E-state index contributed by atoms with van der Waals surface area (Å²) in [6, 6.07) is 29.6. The van der Waals surface area contributed by atoms with E-state index in [1.807, 2.05) is 40.9 Å². The maximum atomic E-state index is 5.29. The van der Waals surface area contributed by atoms with Crippen LogP contribution in [0, 0.1) is 0 Å². The number of rotatable bonds is 6. The second-order valence-corrected chi connectivity index (χ2v) is 8.78. The molecule has 1 aliphatic rings. The molecule has 34 heavy (non-hydrogen) atoms. The largest absolute Gasteiger partial charge is 0.497 e. The van der Waals surface area contributed by atoms with Crippen LogP contribution in [-0.2, 0) is 0 Å². The molecule has 3 aromatic carbocycles. The molecule has 0 saturated heterocycles. The van der Waals surface area contributed by atoms with Crippen LogP contribution in [0.5, 0.6) is 5.75 Å². The van der Waals surface area contributed by atoms with Crippen molar-refractivity contribution in [2.75, 3.05) is 12.4 Å². The molecular formula is C29H26N4O. The number of fused-ring (bicyclic) bond motifs is 1. The van der Waals surface area contributed by atoms with Gasteiger partial charge in [-0.1, -0.05) is 42.5 Å². The molecule has 168 valence electrons. The lowest BCUT2D eigenvalue weighted by Gasteiger charge is -2.27. The molecule has 0 bridgehead atoms. The van der Waals surface area contributed by atoms with Crippen molar-refractivity contribution in [3.8, 4) is 39.4 Å². The molecule has 1 N–H and O–H groups in total. The van der Waals surface area contributed by atoms with Gasteiger partial charge in [-0.3, -0.25) is 0 Å². The van der Waals surface area contributed by atoms with Crippen molar-refractivity contribution in [1.82, 2.24) is 14.6 Å². The standard InChI is InChI=1S/C29H26N4O/c1-34-25-16-12-21(13-17-25)27-18-28-31-29(22-10-14-24(15-11-22)30-23-8-5-9-23)26(19-33(28)32-27)20-6-3-2-4-7-20/h2-4,6-7,10-19,23,30H,5,8-9H2,1H3. The second-order valence-electron chi connectivity index (χ2n) is 8.78. The van der Waals surface area contributed by atoms with Crippen molar-refractivity contribution in [3.05, 3.63) is 91.1 Å². The molecule has 0 spiro atoms. The highest BCUT2D eigenvalue weighted by Gasteiger charge is 2.17. The van der Waals surface area contributed by atoms with Gasteiger partial charge in [-0.2, -0.15) is 5.10 Å². The molecule has 0 radical (unpaired) electrons. The van der Waals surface area contributed by atoms with Gasteiger partial charge in [-0.25, -0.2) is 9.50 Å². The molecule has 0 atom stereocenters. The van der Waals surface area contributed by atoms with E-state index in [0.29, 0.717) is 6.04 Å². The first-order chi connectivity index (χ1) is 16.8. The molecule has 5 heteroatoms. The summed E-state index contributed by atoms with van der Waals surface area (Å²) in [6.45, 7) is 0. The van der Waals surface area contributed by atoms with Gasteiger partial charge in [0, 0.05) is 40.7 Å². The van der Waals surface area contributed by atoms with Gasteiger partial charge in [-0.05, 0) is 61.2 Å². The summed E-state index contributed by atoms with van der Waals surface area (Å²) >= 11 is 0. The lowest BCUT2D eigenvalue weighted by molar-refractivity contribution is 0.415. The van der Waals surface area contributed by atoms with Gasteiger partial charge in [0.15, 0.2) is 5.65 Å². The van der Waals surface area contributed by atoms with Crippen LogP contribution in [0.25, 0.3) is 39.3 Å². The molecule has 0 unspecified atom stereocenters. The Morgan fingerprint density at radius 3 is 2.26 bits per heavy atom. The SMILES string of the molecule is COc1ccc(-c2cc3nc(-c4ccc(NC5CCC5)cc4)c(-c4ccccc4)cn3n2)cc1. The smallest absolute Gasteiger partial charge is 0.156 e. The van der Waals surface area contributed by atoms with Crippen molar-refractivity contribution in [2.45, 2.75) is 25.3 Å². The Kier molecular flexibility index (Phi) is 5.22. The zero-order valence-corrected chi connectivity index (χ0v) is 19.1. The first kappa shape index (κ1) is 20.5. The van der Waals surface area contributed by atoms with E-state index in [9.17, 15) is 0 Å². The maximum absolute atomic E-state index is 5.29. The van der Waals surface area contributed by atoms with Gasteiger partial charge < -0.3 is 10.1 Å². The van der Waals surface area contributed by atoms with Crippen molar-refractivity contribution in [2.24, 2.45) is 0 Å². The summed E-state index contributed by atoms with van der Waals surface area (Å²) < 4.78 is 7.16. The van der Waals surface area contributed by atoms with E-state index < -0.39 is 0 Å². The van der Waals surface area contributed by atoms with Crippen LogP contribution in [0.2, 0.25) is 0 Å². The van der Waals surface area contributed by atoms with Crippen LogP contribution >= 0.6 is 0 Å². The predicted octanol–water partition coefficient (Wildman–Crippen LogP) is 6.70. The summed E-state index contributed by atoms with van der Waals surface area (Å²) in [5.74, 6) is 0.828. The number of hydrogen-bond donors (Lipinski definition) is 1. The van der Waals surface area contributed by atoms with E-state index in [0.717, 1.165) is 45.0 Å². The Morgan fingerprint density at radius 1 is 0.853 bits per heavy atom. The fourth-order valence-electron chi connectivity index (χ4n) is 4.39. The van der Waals surface area contributed by atoms with Gasteiger partial charge in [0.2, 0.25) is 0 Å². The monoisotopic (exact) mass is 446 g/mol. The minimum Gasteiger partial charge on any atom is -0.497 e. The van der Waals surface area contributed by atoms with E-state index in [1.54, 1.807) is 7.11 Å². The minimum atomic E-state index is 0.614. The number of aromatic nitrogens is 3. The average Bonchev–Trinajstić information content (AvgIpc) is 3.30. The highest BCUT2D eigenvalue weighted by Crippen LogP contribution is 2.33. The molecule has 2 aromatic heterocycles.